The number of fused-ring (bicyclic) bond motifs is 1. The van der Waals surface area contributed by atoms with Crippen LogP contribution in [0.1, 0.15) is 32.1 Å². The standard InChI is InChI=1S/C16H17N3O2/c1-3-12(10(2)20)16-18-15(19-21-16)14-9-8-11-6-4-5-7-13(11)17-14/h4-10,12,20H,3H2,1-2H3. The molecule has 1 aromatic carbocycles. The van der Waals surface area contributed by atoms with Crippen molar-refractivity contribution in [3.05, 3.63) is 42.3 Å². The third-order valence-corrected chi connectivity index (χ3v) is 3.61. The first kappa shape index (κ1) is 13.7. The van der Waals surface area contributed by atoms with E-state index in [4.69, 9.17) is 4.52 Å². The molecule has 0 aliphatic carbocycles. The van der Waals surface area contributed by atoms with Crippen LogP contribution in [0, 0.1) is 0 Å². The molecule has 0 bridgehead atoms. The Labute approximate surface area is 122 Å². The number of aromatic nitrogens is 3. The van der Waals surface area contributed by atoms with Gasteiger partial charge in [0.2, 0.25) is 11.7 Å². The first-order valence-electron chi connectivity index (χ1n) is 7.07. The maximum atomic E-state index is 9.74. The Morgan fingerprint density at radius 2 is 1.95 bits per heavy atom. The second-order valence-electron chi connectivity index (χ2n) is 5.10. The molecule has 3 aromatic rings. The van der Waals surface area contributed by atoms with Crippen LogP contribution in [0.4, 0.5) is 0 Å². The van der Waals surface area contributed by atoms with Gasteiger partial charge in [0.15, 0.2) is 0 Å². The normalized spacial score (nSPS) is 14.2. The van der Waals surface area contributed by atoms with Gasteiger partial charge in [0.05, 0.1) is 17.5 Å². The summed E-state index contributed by atoms with van der Waals surface area (Å²) in [6.45, 7) is 3.71. The Morgan fingerprint density at radius 1 is 1.14 bits per heavy atom. The van der Waals surface area contributed by atoms with Crippen molar-refractivity contribution in [2.45, 2.75) is 32.3 Å². The quantitative estimate of drug-likeness (QED) is 0.796. The first-order valence-corrected chi connectivity index (χ1v) is 7.07. The summed E-state index contributed by atoms with van der Waals surface area (Å²) in [4.78, 5) is 8.92. The third-order valence-electron chi connectivity index (χ3n) is 3.61. The Hall–Kier alpha value is -2.27. The Morgan fingerprint density at radius 3 is 2.71 bits per heavy atom. The van der Waals surface area contributed by atoms with Gasteiger partial charge < -0.3 is 9.63 Å². The molecule has 0 aliphatic rings. The van der Waals surface area contributed by atoms with E-state index in [1.165, 1.54) is 0 Å². The van der Waals surface area contributed by atoms with Gasteiger partial charge in [-0.1, -0.05) is 36.3 Å². The largest absolute Gasteiger partial charge is 0.393 e. The fourth-order valence-corrected chi connectivity index (χ4v) is 2.40. The number of aliphatic hydroxyl groups excluding tert-OH is 1. The van der Waals surface area contributed by atoms with E-state index < -0.39 is 6.10 Å². The highest BCUT2D eigenvalue weighted by Crippen LogP contribution is 2.25. The van der Waals surface area contributed by atoms with Crippen LogP contribution in [0.15, 0.2) is 40.9 Å². The number of nitrogens with zero attached hydrogens (tertiary/aromatic N) is 3. The van der Waals surface area contributed by atoms with E-state index in [-0.39, 0.29) is 5.92 Å². The fourth-order valence-electron chi connectivity index (χ4n) is 2.40. The highest BCUT2D eigenvalue weighted by atomic mass is 16.5. The predicted octanol–water partition coefficient (Wildman–Crippen LogP) is 3.16. The highest BCUT2D eigenvalue weighted by Gasteiger charge is 2.22. The maximum Gasteiger partial charge on any atom is 0.232 e. The minimum atomic E-state index is -0.520. The lowest BCUT2D eigenvalue weighted by Gasteiger charge is -2.12. The van der Waals surface area contributed by atoms with E-state index >= 15 is 0 Å². The zero-order valence-corrected chi connectivity index (χ0v) is 12.0. The number of pyridine rings is 1. The monoisotopic (exact) mass is 283 g/mol. The summed E-state index contributed by atoms with van der Waals surface area (Å²) in [6.07, 6.45) is 0.220. The molecule has 2 unspecified atom stereocenters. The fraction of sp³-hybridized carbons (Fsp3) is 0.312. The second kappa shape index (κ2) is 5.61. The summed E-state index contributed by atoms with van der Waals surface area (Å²) in [5.74, 6) is 0.763. The molecule has 0 fully saturated rings. The van der Waals surface area contributed by atoms with Gasteiger partial charge >= 0.3 is 0 Å². The molecule has 0 spiro atoms. The molecule has 3 rings (SSSR count). The summed E-state index contributed by atoms with van der Waals surface area (Å²) in [5, 5.41) is 14.8. The number of benzene rings is 1. The van der Waals surface area contributed by atoms with Crippen molar-refractivity contribution in [3.63, 3.8) is 0 Å². The minimum Gasteiger partial charge on any atom is -0.393 e. The van der Waals surface area contributed by atoms with Crippen LogP contribution in [0.5, 0.6) is 0 Å². The average molecular weight is 283 g/mol. The molecule has 5 nitrogen and oxygen atoms in total. The molecule has 21 heavy (non-hydrogen) atoms. The Kier molecular flexibility index (Phi) is 3.66. The predicted molar refractivity (Wildman–Crippen MR) is 79.7 cm³/mol. The van der Waals surface area contributed by atoms with Gasteiger partial charge in [-0.15, -0.1) is 0 Å². The summed E-state index contributed by atoms with van der Waals surface area (Å²) in [7, 11) is 0. The molecule has 0 aliphatic heterocycles. The Bertz CT molecular complexity index is 752. The summed E-state index contributed by atoms with van der Waals surface area (Å²) < 4.78 is 5.28. The van der Waals surface area contributed by atoms with Crippen molar-refractivity contribution >= 4 is 10.9 Å². The lowest BCUT2D eigenvalue weighted by atomic mass is 10.0. The highest BCUT2D eigenvalue weighted by molar-refractivity contribution is 5.80. The van der Waals surface area contributed by atoms with Crippen LogP contribution in [-0.4, -0.2) is 26.3 Å². The Balaban J connectivity index is 1.97. The molecule has 0 saturated carbocycles. The number of hydrogen-bond donors (Lipinski definition) is 1. The summed E-state index contributed by atoms with van der Waals surface area (Å²) >= 11 is 0. The first-order chi connectivity index (χ1) is 10.2. The smallest absolute Gasteiger partial charge is 0.232 e. The van der Waals surface area contributed by atoms with Crippen LogP contribution >= 0.6 is 0 Å². The summed E-state index contributed by atoms with van der Waals surface area (Å²) in [6, 6.07) is 11.7. The molecule has 2 aromatic heterocycles. The van der Waals surface area contributed by atoms with Crippen LogP contribution in [0.25, 0.3) is 22.4 Å². The van der Waals surface area contributed by atoms with E-state index in [1.54, 1.807) is 6.92 Å². The molecule has 0 amide bonds. The van der Waals surface area contributed by atoms with E-state index in [1.807, 2.05) is 43.3 Å². The summed E-state index contributed by atoms with van der Waals surface area (Å²) in [5.41, 5.74) is 1.56. The molecule has 1 N–H and O–H groups in total. The van der Waals surface area contributed by atoms with Gasteiger partial charge in [0.1, 0.15) is 5.69 Å². The zero-order chi connectivity index (χ0) is 14.8. The molecule has 0 radical (unpaired) electrons. The van der Waals surface area contributed by atoms with Crippen molar-refractivity contribution in [3.8, 4) is 11.5 Å². The van der Waals surface area contributed by atoms with Gasteiger partial charge in [-0.25, -0.2) is 4.98 Å². The van der Waals surface area contributed by atoms with Gasteiger partial charge in [-0.05, 0) is 25.5 Å². The van der Waals surface area contributed by atoms with Crippen molar-refractivity contribution in [1.29, 1.82) is 0 Å². The maximum absolute atomic E-state index is 9.74. The lowest BCUT2D eigenvalue weighted by Crippen LogP contribution is -2.14. The molecular weight excluding hydrogens is 266 g/mol. The van der Waals surface area contributed by atoms with Crippen LogP contribution < -0.4 is 0 Å². The van der Waals surface area contributed by atoms with Gasteiger partial charge in [-0.2, -0.15) is 4.98 Å². The SMILES string of the molecule is CCC(c1nc(-c2ccc3ccccc3n2)no1)C(C)O. The topological polar surface area (TPSA) is 72.0 Å². The zero-order valence-electron chi connectivity index (χ0n) is 12.0. The van der Waals surface area contributed by atoms with Crippen LogP contribution in [-0.2, 0) is 0 Å². The average Bonchev–Trinajstić information content (AvgIpc) is 2.96. The number of rotatable bonds is 4. The third kappa shape index (κ3) is 2.64. The molecule has 5 heteroatoms. The van der Waals surface area contributed by atoms with Crippen molar-refractivity contribution < 1.29 is 9.63 Å². The number of aliphatic hydroxyl groups is 1. The van der Waals surface area contributed by atoms with Crippen molar-refractivity contribution in [1.82, 2.24) is 15.1 Å². The van der Waals surface area contributed by atoms with E-state index in [2.05, 4.69) is 15.1 Å². The van der Waals surface area contributed by atoms with Crippen LogP contribution in [0.3, 0.4) is 0 Å². The number of hydrogen-bond acceptors (Lipinski definition) is 5. The second-order valence-corrected chi connectivity index (χ2v) is 5.10. The molecular formula is C16H17N3O2. The van der Waals surface area contributed by atoms with Gasteiger partial charge in [0.25, 0.3) is 0 Å². The van der Waals surface area contributed by atoms with Crippen LogP contribution in [0.2, 0.25) is 0 Å². The molecule has 2 atom stereocenters. The van der Waals surface area contributed by atoms with E-state index in [9.17, 15) is 5.11 Å². The molecule has 2 heterocycles. The lowest BCUT2D eigenvalue weighted by molar-refractivity contribution is 0.141. The van der Waals surface area contributed by atoms with Crippen molar-refractivity contribution in [2.24, 2.45) is 0 Å². The van der Waals surface area contributed by atoms with E-state index in [0.29, 0.717) is 17.4 Å². The molecule has 108 valence electrons. The van der Waals surface area contributed by atoms with Gasteiger partial charge in [0, 0.05) is 5.39 Å². The number of para-hydroxylation sites is 1. The van der Waals surface area contributed by atoms with E-state index in [0.717, 1.165) is 17.3 Å². The van der Waals surface area contributed by atoms with Crippen molar-refractivity contribution in [2.75, 3.05) is 0 Å². The molecule has 0 saturated heterocycles. The minimum absolute atomic E-state index is 0.147. The van der Waals surface area contributed by atoms with Gasteiger partial charge in [-0.3, -0.25) is 0 Å².